The smallest absolute Gasteiger partial charge is 0.335 e. The second-order valence-electron chi connectivity index (χ2n) is 6.24. The molecule has 1 atom stereocenters. The van der Waals surface area contributed by atoms with Crippen molar-refractivity contribution in [2.75, 3.05) is 19.3 Å². The van der Waals surface area contributed by atoms with Crippen LogP contribution in [0.5, 0.6) is 0 Å². The van der Waals surface area contributed by atoms with Crippen LogP contribution in [0, 0.1) is 5.92 Å². The van der Waals surface area contributed by atoms with Crippen LogP contribution in [0.1, 0.15) is 42.1 Å². The summed E-state index contributed by atoms with van der Waals surface area (Å²) in [5.41, 5.74) is 1.31. The number of aromatic carboxylic acids is 1. The first-order valence-corrected chi connectivity index (χ1v) is 9.41. The van der Waals surface area contributed by atoms with E-state index in [4.69, 9.17) is 0 Å². The highest BCUT2D eigenvalue weighted by molar-refractivity contribution is 7.99. The van der Waals surface area contributed by atoms with E-state index in [1.54, 1.807) is 23.9 Å². The highest BCUT2D eigenvalue weighted by atomic mass is 32.2. The summed E-state index contributed by atoms with van der Waals surface area (Å²) in [6.07, 6.45) is 5.32. The van der Waals surface area contributed by atoms with Gasteiger partial charge in [0.2, 0.25) is 5.91 Å². The summed E-state index contributed by atoms with van der Waals surface area (Å²) in [7, 11) is 0. The van der Waals surface area contributed by atoms with Gasteiger partial charge in [-0.3, -0.25) is 4.79 Å². The molecule has 1 aliphatic heterocycles. The number of likely N-dealkylation sites (tertiary alicyclic amines) is 1. The standard InChI is InChI=1S/C18H25NO3S/c1-13(23-2)11-17(20)19-9-7-14(8-10-19)12-15-5-3-4-6-16(15)18(21)22/h3-6,13-14H,7-12H2,1-2H3,(H,21,22). The summed E-state index contributed by atoms with van der Waals surface area (Å²) in [6.45, 7) is 3.66. The van der Waals surface area contributed by atoms with Crippen LogP contribution in [0.25, 0.3) is 0 Å². The minimum atomic E-state index is -0.862. The van der Waals surface area contributed by atoms with Crippen LogP contribution >= 0.6 is 11.8 Å². The average Bonchev–Trinajstić information content (AvgIpc) is 2.55. The van der Waals surface area contributed by atoms with E-state index in [9.17, 15) is 14.7 Å². The first-order chi connectivity index (χ1) is 11.0. The summed E-state index contributed by atoms with van der Waals surface area (Å²) in [5.74, 6) is -0.159. The van der Waals surface area contributed by atoms with Crippen LogP contribution in [-0.2, 0) is 11.2 Å². The predicted octanol–water partition coefficient (Wildman–Crippen LogP) is 3.31. The van der Waals surface area contributed by atoms with Crippen LogP contribution in [0.2, 0.25) is 0 Å². The first kappa shape index (κ1) is 17.9. The number of rotatable bonds is 6. The number of carboxylic acids is 1. The number of amides is 1. The van der Waals surface area contributed by atoms with Gasteiger partial charge in [0.15, 0.2) is 0 Å². The van der Waals surface area contributed by atoms with Gasteiger partial charge in [-0.1, -0.05) is 25.1 Å². The third-order valence-corrected chi connectivity index (χ3v) is 5.56. The lowest BCUT2D eigenvalue weighted by Crippen LogP contribution is -2.39. The fourth-order valence-electron chi connectivity index (χ4n) is 3.06. The Hall–Kier alpha value is -1.49. The second kappa shape index (κ2) is 8.39. The van der Waals surface area contributed by atoms with Gasteiger partial charge in [0.05, 0.1) is 5.56 Å². The van der Waals surface area contributed by atoms with Gasteiger partial charge in [0.1, 0.15) is 0 Å². The van der Waals surface area contributed by atoms with Crippen molar-refractivity contribution in [3.05, 3.63) is 35.4 Å². The zero-order chi connectivity index (χ0) is 16.8. The molecule has 0 bridgehead atoms. The van der Waals surface area contributed by atoms with Gasteiger partial charge in [0, 0.05) is 24.8 Å². The number of benzene rings is 1. The van der Waals surface area contributed by atoms with Gasteiger partial charge in [0.25, 0.3) is 0 Å². The lowest BCUT2D eigenvalue weighted by Gasteiger charge is -2.32. The summed E-state index contributed by atoms with van der Waals surface area (Å²) in [6, 6.07) is 7.23. The molecular weight excluding hydrogens is 310 g/mol. The molecule has 1 heterocycles. The summed E-state index contributed by atoms with van der Waals surface area (Å²) < 4.78 is 0. The molecule has 2 rings (SSSR count). The molecule has 1 N–H and O–H groups in total. The number of carbonyl (C=O) groups is 2. The summed E-state index contributed by atoms with van der Waals surface area (Å²) in [4.78, 5) is 25.5. The van der Waals surface area contributed by atoms with Crippen molar-refractivity contribution in [3.8, 4) is 0 Å². The van der Waals surface area contributed by atoms with E-state index >= 15 is 0 Å². The molecule has 1 fully saturated rings. The molecule has 1 unspecified atom stereocenters. The SMILES string of the molecule is CSC(C)CC(=O)N1CCC(Cc2ccccc2C(=O)O)CC1. The Morgan fingerprint density at radius 2 is 1.96 bits per heavy atom. The van der Waals surface area contributed by atoms with Crippen molar-refractivity contribution in [1.29, 1.82) is 0 Å². The molecule has 4 nitrogen and oxygen atoms in total. The molecule has 0 spiro atoms. The van der Waals surface area contributed by atoms with Crippen LogP contribution in [0.4, 0.5) is 0 Å². The van der Waals surface area contributed by atoms with Crippen LogP contribution in [-0.4, -0.2) is 46.5 Å². The number of thioether (sulfide) groups is 1. The normalized spacial score (nSPS) is 17.0. The largest absolute Gasteiger partial charge is 0.478 e. The molecule has 0 aliphatic carbocycles. The van der Waals surface area contributed by atoms with E-state index in [0.717, 1.165) is 37.9 Å². The third-order valence-electron chi connectivity index (χ3n) is 4.59. The van der Waals surface area contributed by atoms with Crippen molar-refractivity contribution < 1.29 is 14.7 Å². The molecule has 5 heteroatoms. The molecule has 126 valence electrons. The number of nitrogens with zero attached hydrogens (tertiary/aromatic N) is 1. The molecule has 0 saturated carbocycles. The Balaban J connectivity index is 1.88. The average molecular weight is 335 g/mol. The van der Waals surface area contributed by atoms with E-state index in [0.29, 0.717) is 23.2 Å². The first-order valence-electron chi connectivity index (χ1n) is 8.13. The molecule has 1 aromatic carbocycles. The fourth-order valence-corrected chi connectivity index (χ4v) is 3.37. The van der Waals surface area contributed by atoms with Gasteiger partial charge < -0.3 is 10.0 Å². The highest BCUT2D eigenvalue weighted by Gasteiger charge is 2.24. The Morgan fingerprint density at radius 3 is 2.57 bits per heavy atom. The number of piperidine rings is 1. The molecular formula is C18H25NO3S. The fraction of sp³-hybridized carbons (Fsp3) is 0.556. The minimum Gasteiger partial charge on any atom is -0.478 e. The minimum absolute atomic E-state index is 0.247. The van der Waals surface area contributed by atoms with E-state index < -0.39 is 5.97 Å². The van der Waals surface area contributed by atoms with Crippen molar-refractivity contribution >= 4 is 23.6 Å². The Labute approximate surface area is 142 Å². The number of carboxylic acid groups (broad SMARTS) is 1. The highest BCUT2D eigenvalue weighted by Crippen LogP contribution is 2.24. The van der Waals surface area contributed by atoms with Gasteiger partial charge in [-0.25, -0.2) is 4.79 Å². The quantitative estimate of drug-likeness (QED) is 0.866. The van der Waals surface area contributed by atoms with E-state index in [1.807, 2.05) is 23.3 Å². The van der Waals surface area contributed by atoms with Gasteiger partial charge in [-0.05, 0) is 43.1 Å². The Morgan fingerprint density at radius 1 is 1.30 bits per heavy atom. The number of carbonyl (C=O) groups excluding carboxylic acids is 1. The lowest BCUT2D eigenvalue weighted by molar-refractivity contribution is -0.132. The monoisotopic (exact) mass is 335 g/mol. The van der Waals surface area contributed by atoms with Gasteiger partial charge in [-0.15, -0.1) is 0 Å². The van der Waals surface area contributed by atoms with Crippen molar-refractivity contribution in [3.63, 3.8) is 0 Å². The van der Waals surface area contributed by atoms with Crippen molar-refractivity contribution in [2.24, 2.45) is 5.92 Å². The third kappa shape index (κ3) is 4.99. The number of hydrogen-bond acceptors (Lipinski definition) is 3. The molecule has 0 radical (unpaired) electrons. The maximum absolute atomic E-state index is 12.2. The van der Waals surface area contributed by atoms with Crippen LogP contribution < -0.4 is 0 Å². The van der Waals surface area contributed by atoms with Crippen molar-refractivity contribution in [1.82, 2.24) is 4.90 Å². The van der Waals surface area contributed by atoms with Crippen LogP contribution in [0.3, 0.4) is 0 Å². The maximum atomic E-state index is 12.2. The molecule has 1 amide bonds. The Bertz CT molecular complexity index is 553. The number of hydrogen-bond donors (Lipinski definition) is 1. The molecule has 1 saturated heterocycles. The lowest BCUT2D eigenvalue weighted by atomic mass is 9.88. The summed E-state index contributed by atoms with van der Waals surface area (Å²) in [5, 5.41) is 9.63. The molecule has 0 aromatic heterocycles. The molecule has 23 heavy (non-hydrogen) atoms. The second-order valence-corrected chi connectivity index (χ2v) is 7.52. The van der Waals surface area contributed by atoms with Gasteiger partial charge in [-0.2, -0.15) is 11.8 Å². The zero-order valence-electron chi connectivity index (χ0n) is 13.8. The topological polar surface area (TPSA) is 57.6 Å². The maximum Gasteiger partial charge on any atom is 0.335 e. The van der Waals surface area contributed by atoms with E-state index in [1.165, 1.54) is 0 Å². The zero-order valence-corrected chi connectivity index (χ0v) is 14.6. The molecule has 1 aliphatic rings. The van der Waals surface area contributed by atoms with Crippen LogP contribution in [0.15, 0.2) is 24.3 Å². The Kier molecular flexibility index (Phi) is 6.51. The predicted molar refractivity (Wildman–Crippen MR) is 94.0 cm³/mol. The molecule has 1 aromatic rings. The van der Waals surface area contributed by atoms with Crippen molar-refractivity contribution in [2.45, 2.75) is 37.9 Å². The van der Waals surface area contributed by atoms with E-state index in [-0.39, 0.29) is 5.91 Å². The van der Waals surface area contributed by atoms with E-state index in [2.05, 4.69) is 6.92 Å². The van der Waals surface area contributed by atoms with Gasteiger partial charge >= 0.3 is 5.97 Å². The summed E-state index contributed by atoms with van der Waals surface area (Å²) >= 11 is 1.72.